The first-order chi connectivity index (χ1) is 13.7. The van der Waals surface area contributed by atoms with Crippen molar-refractivity contribution >= 4 is 61.0 Å². The number of nitrogens with zero attached hydrogens (tertiary/aromatic N) is 2. The fourth-order valence-corrected chi connectivity index (χ4v) is 12.7. The lowest BCUT2D eigenvalue weighted by atomic mass is 10.1. The lowest BCUT2D eigenvalue weighted by Crippen LogP contribution is -1.77. The highest BCUT2D eigenvalue weighted by molar-refractivity contribution is 8.26. The summed E-state index contributed by atoms with van der Waals surface area (Å²) in [4.78, 5) is 7.87. The number of aliphatic imine (C=N–C) groups is 2. The van der Waals surface area contributed by atoms with Crippen molar-refractivity contribution in [2.45, 2.75) is 13.8 Å². The van der Waals surface area contributed by atoms with Crippen molar-refractivity contribution in [1.29, 1.82) is 0 Å². The van der Waals surface area contributed by atoms with Gasteiger partial charge in [-0.25, -0.2) is 0 Å². The molecule has 0 bridgehead atoms. The van der Waals surface area contributed by atoms with Gasteiger partial charge in [-0.3, -0.25) is 9.98 Å². The van der Waals surface area contributed by atoms with Gasteiger partial charge >= 0.3 is 0 Å². The summed E-state index contributed by atoms with van der Waals surface area (Å²) in [5.74, 6) is 0. The molecule has 138 valence electrons. The van der Waals surface area contributed by atoms with E-state index >= 15 is 0 Å². The van der Waals surface area contributed by atoms with Crippen LogP contribution in [0.1, 0.15) is 21.7 Å². The van der Waals surface area contributed by atoms with Gasteiger partial charge in [-0.05, 0) is 84.1 Å². The molecule has 4 aromatic rings. The van der Waals surface area contributed by atoms with Crippen LogP contribution in [0.4, 0.5) is 0 Å². The second-order valence-electron chi connectivity index (χ2n) is 6.65. The monoisotopic (exact) mass is 400 g/mol. The Morgan fingerprint density at radius 2 is 1.11 bits per heavy atom. The summed E-state index contributed by atoms with van der Waals surface area (Å²) in [5.41, 5.74) is 2.50. The van der Waals surface area contributed by atoms with Gasteiger partial charge in [0.05, 0.1) is 0 Å². The Bertz CT molecular complexity index is 1170. The molecule has 0 N–H and O–H groups in total. The molecule has 0 saturated carbocycles. The minimum atomic E-state index is -0.456. The van der Waals surface area contributed by atoms with Gasteiger partial charge in [0.25, 0.3) is 0 Å². The average Bonchev–Trinajstić information content (AvgIpc) is 3.16. The van der Waals surface area contributed by atoms with Gasteiger partial charge < -0.3 is 0 Å². The smallest absolute Gasteiger partial charge is 0.0266 e. The van der Waals surface area contributed by atoms with Crippen molar-refractivity contribution in [2.75, 3.05) is 0 Å². The average molecular weight is 400 g/mol. The molecule has 0 fully saturated rings. The first-order valence-electron chi connectivity index (χ1n) is 9.14. The third-order valence-electron chi connectivity index (χ3n) is 5.15. The Balaban J connectivity index is 2.14. The zero-order valence-corrected chi connectivity index (χ0v) is 17.9. The molecular weight excluding hydrogens is 378 g/mol. The van der Waals surface area contributed by atoms with Crippen molar-refractivity contribution in [3.63, 3.8) is 0 Å². The van der Waals surface area contributed by atoms with E-state index in [0.717, 1.165) is 0 Å². The summed E-state index contributed by atoms with van der Waals surface area (Å²) >= 11 is 0. The summed E-state index contributed by atoms with van der Waals surface area (Å²) < 4.78 is 0. The van der Waals surface area contributed by atoms with Gasteiger partial charge in [-0.15, -0.1) is 0 Å². The highest BCUT2D eigenvalue weighted by Crippen LogP contribution is 2.70. The largest absolute Gasteiger partial charge is 0.272 e. The molecule has 4 rings (SSSR count). The second-order valence-corrected chi connectivity index (χ2v) is 12.6. The standard InChI is InChI=1S/C24H22N2P2/c1-17-19(13-15-25-3)20(14-16-26-4)18(2)27(17)28-23-11-7-5-9-21(23)22-10-6-8-12-24(22)28/h5-16H,3-4H2,1-2H3/b15-13-,16-14-. The minimum absolute atomic E-state index is 0.451. The fraction of sp³-hybridized carbons (Fsp3) is 0.0833. The summed E-state index contributed by atoms with van der Waals surface area (Å²) in [6.07, 6.45) is 7.73. The summed E-state index contributed by atoms with van der Waals surface area (Å²) in [5, 5.41) is 8.70. The predicted octanol–water partition coefficient (Wildman–Crippen LogP) is 8.24. The number of benzene rings is 2. The second kappa shape index (κ2) is 7.76. The number of fused-ring (bicyclic) bond motifs is 3. The maximum Gasteiger partial charge on any atom is 0.0266 e. The summed E-state index contributed by atoms with van der Waals surface area (Å²) in [6.45, 7) is 11.8. The van der Waals surface area contributed by atoms with Crippen LogP contribution in [0.2, 0.25) is 0 Å². The van der Waals surface area contributed by atoms with Crippen LogP contribution >= 0.6 is 14.4 Å². The van der Waals surface area contributed by atoms with E-state index in [-0.39, 0.29) is 0 Å². The third kappa shape index (κ3) is 2.90. The van der Waals surface area contributed by atoms with Crippen molar-refractivity contribution in [3.8, 4) is 0 Å². The molecule has 0 radical (unpaired) electrons. The molecule has 2 heterocycles. The van der Waals surface area contributed by atoms with Gasteiger partial charge in [0.1, 0.15) is 0 Å². The molecular formula is C24H22N2P2. The molecule has 0 amide bonds. The van der Waals surface area contributed by atoms with Crippen molar-refractivity contribution < 1.29 is 0 Å². The van der Waals surface area contributed by atoms with Crippen molar-refractivity contribution in [1.82, 2.24) is 0 Å². The molecule has 2 aromatic heterocycles. The molecule has 28 heavy (non-hydrogen) atoms. The van der Waals surface area contributed by atoms with Gasteiger partial charge in [0.2, 0.25) is 0 Å². The highest BCUT2D eigenvalue weighted by Gasteiger charge is 2.21. The van der Waals surface area contributed by atoms with E-state index in [1.165, 1.54) is 42.7 Å². The Hall–Kier alpha value is -2.66. The van der Waals surface area contributed by atoms with E-state index in [0.29, 0.717) is 0 Å². The van der Waals surface area contributed by atoms with E-state index in [1.807, 2.05) is 0 Å². The maximum absolute atomic E-state index is 3.93. The summed E-state index contributed by atoms with van der Waals surface area (Å²) in [7, 11) is -0.907. The van der Waals surface area contributed by atoms with Crippen LogP contribution in [-0.2, 0) is 0 Å². The zero-order valence-electron chi connectivity index (χ0n) is 16.1. The first-order valence-corrected chi connectivity index (χ1v) is 12.5. The Morgan fingerprint density at radius 3 is 1.54 bits per heavy atom. The number of rotatable bonds is 5. The van der Waals surface area contributed by atoms with E-state index in [4.69, 9.17) is 0 Å². The summed E-state index contributed by atoms with van der Waals surface area (Å²) in [6, 6.07) is 17.8. The maximum atomic E-state index is 3.93. The van der Waals surface area contributed by atoms with Crippen LogP contribution in [0.3, 0.4) is 0 Å². The normalized spacial score (nSPS) is 11.9. The Kier molecular flexibility index (Phi) is 5.18. The van der Waals surface area contributed by atoms with Gasteiger partial charge in [-0.2, -0.15) is 0 Å². The van der Waals surface area contributed by atoms with Crippen LogP contribution < -0.4 is 0 Å². The molecule has 2 aromatic carbocycles. The fourth-order valence-electron chi connectivity index (χ4n) is 3.96. The van der Waals surface area contributed by atoms with Gasteiger partial charge in [0.15, 0.2) is 0 Å². The molecule has 0 aliphatic rings. The zero-order chi connectivity index (χ0) is 19.7. The Morgan fingerprint density at radius 1 is 0.679 bits per heavy atom. The van der Waals surface area contributed by atoms with Crippen LogP contribution in [0.15, 0.2) is 70.9 Å². The van der Waals surface area contributed by atoms with E-state index in [1.54, 1.807) is 12.4 Å². The molecule has 0 unspecified atom stereocenters. The van der Waals surface area contributed by atoms with Crippen molar-refractivity contribution in [3.05, 3.63) is 82.6 Å². The molecule has 4 heteroatoms. The van der Waals surface area contributed by atoms with Crippen LogP contribution in [0.5, 0.6) is 0 Å². The molecule has 0 atom stereocenters. The predicted molar refractivity (Wildman–Crippen MR) is 131 cm³/mol. The number of hydrogen-bond donors (Lipinski definition) is 0. The SMILES string of the molecule is C=N/C=C\c1c(/C=C\N=C)c(C)p(-p2c3ccccc3c3ccccc32)c1C. The van der Waals surface area contributed by atoms with E-state index in [2.05, 4.69) is 98.0 Å². The topological polar surface area (TPSA) is 24.7 Å². The molecule has 0 aliphatic carbocycles. The van der Waals surface area contributed by atoms with Crippen LogP contribution in [-0.4, -0.2) is 13.4 Å². The molecule has 0 saturated heterocycles. The number of hydrogen-bond acceptors (Lipinski definition) is 2. The van der Waals surface area contributed by atoms with E-state index in [9.17, 15) is 0 Å². The minimum Gasteiger partial charge on any atom is -0.272 e. The van der Waals surface area contributed by atoms with Crippen LogP contribution in [0, 0.1) is 13.8 Å². The van der Waals surface area contributed by atoms with Gasteiger partial charge in [-0.1, -0.05) is 50.8 Å². The molecule has 0 spiro atoms. The van der Waals surface area contributed by atoms with Gasteiger partial charge in [0, 0.05) is 22.6 Å². The Labute approximate surface area is 167 Å². The van der Waals surface area contributed by atoms with Crippen molar-refractivity contribution in [2.24, 2.45) is 9.98 Å². The quantitative estimate of drug-likeness (QED) is 0.301. The lowest BCUT2D eigenvalue weighted by molar-refractivity contribution is 1.51. The molecule has 0 aliphatic heterocycles. The molecule has 2 nitrogen and oxygen atoms in total. The first kappa shape index (κ1) is 18.7. The lowest BCUT2D eigenvalue weighted by Gasteiger charge is -2.07. The van der Waals surface area contributed by atoms with E-state index < -0.39 is 14.4 Å². The third-order valence-corrected chi connectivity index (χ3v) is 13.3. The highest BCUT2D eigenvalue weighted by atomic mass is 32.0. The van der Waals surface area contributed by atoms with Crippen LogP contribution in [0.25, 0.3) is 33.2 Å².